The molecule has 1 atom stereocenters. The van der Waals surface area contributed by atoms with Crippen LogP contribution in [-0.2, 0) is 21.4 Å². The van der Waals surface area contributed by atoms with E-state index in [1.807, 2.05) is 11.5 Å². The molecule has 29 heavy (non-hydrogen) atoms. The monoisotopic (exact) mass is 456 g/mol. The lowest BCUT2D eigenvalue weighted by Gasteiger charge is -2.13. The number of fused-ring (bicyclic) bond motifs is 1. The quantitative estimate of drug-likeness (QED) is 0.551. The molecule has 3 aromatic rings. The summed E-state index contributed by atoms with van der Waals surface area (Å²) in [5, 5.41) is 7.89. The molecule has 0 saturated heterocycles. The second-order valence-electron chi connectivity index (χ2n) is 6.21. The minimum absolute atomic E-state index is 0.0358. The van der Waals surface area contributed by atoms with Gasteiger partial charge in [-0.15, -0.1) is 0 Å². The molecule has 0 aliphatic rings. The first-order valence-electron chi connectivity index (χ1n) is 8.55. The number of carbonyl (C=O) groups is 1. The maximum Gasteiger partial charge on any atom is 0.238 e. The summed E-state index contributed by atoms with van der Waals surface area (Å²) in [6.07, 6.45) is 0. The minimum Gasteiger partial charge on any atom is -0.323 e. The summed E-state index contributed by atoms with van der Waals surface area (Å²) >= 11 is 6.90. The number of primary sulfonamides is 1. The lowest BCUT2D eigenvalue weighted by atomic mass is 10.3. The Morgan fingerprint density at radius 1 is 1.34 bits per heavy atom. The molecular formula is C18H18ClFN4O3S2. The molecule has 0 unspecified atom stereocenters. The molecular weight excluding hydrogens is 439 g/mol. The molecule has 0 saturated carbocycles. The van der Waals surface area contributed by atoms with Crippen LogP contribution in [0.25, 0.3) is 11.0 Å². The maximum absolute atomic E-state index is 13.9. The Balaban J connectivity index is 1.85. The highest BCUT2D eigenvalue weighted by atomic mass is 35.5. The second kappa shape index (κ2) is 8.31. The van der Waals surface area contributed by atoms with Gasteiger partial charge in [-0.25, -0.2) is 22.9 Å². The number of aromatic nitrogens is 2. The van der Waals surface area contributed by atoms with Gasteiger partial charge >= 0.3 is 0 Å². The van der Waals surface area contributed by atoms with E-state index < -0.39 is 27.0 Å². The fourth-order valence-corrected chi connectivity index (χ4v) is 4.38. The van der Waals surface area contributed by atoms with E-state index in [-0.39, 0.29) is 15.6 Å². The highest BCUT2D eigenvalue weighted by Gasteiger charge is 2.21. The summed E-state index contributed by atoms with van der Waals surface area (Å²) in [6, 6.07) is 8.44. The zero-order chi connectivity index (χ0) is 21.3. The molecule has 0 bridgehead atoms. The number of nitrogens with one attached hydrogen (secondary N) is 1. The average molecular weight is 457 g/mol. The number of nitrogens with two attached hydrogens (primary N) is 1. The first-order chi connectivity index (χ1) is 13.6. The summed E-state index contributed by atoms with van der Waals surface area (Å²) in [7, 11) is -3.85. The van der Waals surface area contributed by atoms with Crippen LogP contribution in [0.4, 0.5) is 10.1 Å². The van der Waals surface area contributed by atoms with Crippen molar-refractivity contribution in [1.82, 2.24) is 9.55 Å². The second-order valence-corrected chi connectivity index (χ2v) is 9.51. The molecule has 11 heteroatoms. The molecule has 3 rings (SSSR count). The van der Waals surface area contributed by atoms with Gasteiger partial charge in [0.1, 0.15) is 5.82 Å². The molecule has 7 nitrogen and oxygen atoms in total. The Kier molecular flexibility index (Phi) is 6.18. The molecule has 0 fully saturated rings. The molecule has 154 valence electrons. The molecule has 0 aliphatic heterocycles. The van der Waals surface area contributed by atoms with Crippen LogP contribution in [0.3, 0.4) is 0 Å². The van der Waals surface area contributed by atoms with E-state index in [4.69, 9.17) is 16.7 Å². The number of anilines is 1. The number of amides is 1. The largest absolute Gasteiger partial charge is 0.323 e. The molecule has 0 spiro atoms. The topological polar surface area (TPSA) is 107 Å². The van der Waals surface area contributed by atoms with Crippen molar-refractivity contribution in [2.45, 2.75) is 35.7 Å². The third-order valence-electron chi connectivity index (χ3n) is 4.17. The van der Waals surface area contributed by atoms with Crippen LogP contribution in [0, 0.1) is 5.82 Å². The summed E-state index contributed by atoms with van der Waals surface area (Å²) < 4.78 is 38.9. The number of thioether (sulfide) groups is 1. The Morgan fingerprint density at radius 2 is 2.07 bits per heavy atom. The summed E-state index contributed by atoms with van der Waals surface area (Å²) in [5.74, 6) is -1.03. The van der Waals surface area contributed by atoms with Gasteiger partial charge in [-0.05, 0) is 50.2 Å². The average Bonchev–Trinajstić information content (AvgIpc) is 2.99. The van der Waals surface area contributed by atoms with Crippen molar-refractivity contribution in [3.63, 3.8) is 0 Å². The predicted octanol–water partition coefficient (Wildman–Crippen LogP) is 3.62. The van der Waals surface area contributed by atoms with E-state index in [9.17, 15) is 17.6 Å². The Bertz CT molecular complexity index is 1200. The van der Waals surface area contributed by atoms with Gasteiger partial charge in [0.2, 0.25) is 15.9 Å². The van der Waals surface area contributed by atoms with Gasteiger partial charge in [0.15, 0.2) is 5.16 Å². The van der Waals surface area contributed by atoms with E-state index >= 15 is 0 Å². The number of hydrogen-bond acceptors (Lipinski definition) is 5. The number of rotatable bonds is 6. The highest BCUT2D eigenvalue weighted by Crippen LogP contribution is 2.29. The van der Waals surface area contributed by atoms with Crippen LogP contribution in [0.1, 0.15) is 13.8 Å². The van der Waals surface area contributed by atoms with Gasteiger partial charge < -0.3 is 9.88 Å². The molecule has 3 N–H and O–H groups in total. The van der Waals surface area contributed by atoms with Crippen LogP contribution in [0.5, 0.6) is 0 Å². The molecule has 1 heterocycles. The summed E-state index contributed by atoms with van der Waals surface area (Å²) in [5.41, 5.74) is 1.21. The molecule has 1 aromatic heterocycles. The van der Waals surface area contributed by atoms with Crippen molar-refractivity contribution in [1.29, 1.82) is 0 Å². The minimum atomic E-state index is -3.85. The summed E-state index contributed by atoms with van der Waals surface area (Å²) in [6.45, 7) is 4.14. The van der Waals surface area contributed by atoms with Crippen LogP contribution in [0.15, 0.2) is 46.5 Å². The molecule has 0 aliphatic carbocycles. The smallest absolute Gasteiger partial charge is 0.238 e. The van der Waals surface area contributed by atoms with Gasteiger partial charge in [-0.3, -0.25) is 4.79 Å². The van der Waals surface area contributed by atoms with Crippen molar-refractivity contribution in [2.75, 3.05) is 5.32 Å². The maximum atomic E-state index is 13.9. The van der Waals surface area contributed by atoms with E-state index in [0.717, 1.165) is 11.6 Å². The van der Waals surface area contributed by atoms with Crippen LogP contribution < -0.4 is 10.5 Å². The number of aryl methyl sites for hydroxylation is 1. The van der Waals surface area contributed by atoms with E-state index in [1.54, 1.807) is 13.0 Å². The molecule has 1 amide bonds. The zero-order valence-electron chi connectivity index (χ0n) is 15.5. The van der Waals surface area contributed by atoms with Gasteiger partial charge in [0, 0.05) is 11.6 Å². The van der Waals surface area contributed by atoms with E-state index in [2.05, 4.69) is 10.3 Å². The lowest BCUT2D eigenvalue weighted by Crippen LogP contribution is -2.23. The van der Waals surface area contributed by atoms with Gasteiger partial charge in [-0.1, -0.05) is 23.4 Å². The fourth-order valence-electron chi connectivity index (χ4n) is 2.70. The van der Waals surface area contributed by atoms with Gasteiger partial charge in [0.05, 0.1) is 26.9 Å². The Labute approximate surface area is 176 Å². The predicted molar refractivity (Wildman–Crippen MR) is 112 cm³/mol. The van der Waals surface area contributed by atoms with E-state index in [1.165, 1.54) is 36.0 Å². The van der Waals surface area contributed by atoms with E-state index in [0.29, 0.717) is 17.2 Å². The third-order valence-corrected chi connectivity index (χ3v) is 6.41. The Morgan fingerprint density at radius 3 is 2.69 bits per heavy atom. The number of benzene rings is 2. The number of halogens is 2. The van der Waals surface area contributed by atoms with Crippen LogP contribution >= 0.6 is 23.4 Å². The molecule has 0 radical (unpaired) electrons. The molecule has 2 aromatic carbocycles. The first-order valence-corrected chi connectivity index (χ1v) is 11.4. The summed E-state index contributed by atoms with van der Waals surface area (Å²) in [4.78, 5) is 16.9. The number of sulfonamides is 1. The third kappa shape index (κ3) is 4.72. The number of hydrogen-bond donors (Lipinski definition) is 2. The standard InChI is InChI=1S/C18H18ClFN4O3S2/c1-3-24-16-7-5-12(29(21,26)27)9-15(16)23-18(24)28-10(2)17(25)22-14-6-4-11(19)8-13(14)20/h4-10H,3H2,1-2H3,(H,22,25)(H2,21,26,27)/t10-/m0/s1. The first kappa shape index (κ1) is 21.6. The van der Waals surface area contributed by atoms with Crippen molar-refractivity contribution < 1.29 is 17.6 Å². The fraction of sp³-hybridized carbons (Fsp3) is 0.222. The van der Waals surface area contributed by atoms with Gasteiger partial charge in [-0.2, -0.15) is 0 Å². The highest BCUT2D eigenvalue weighted by molar-refractivity contribution is 8.00. The van der Waals surface area contributed by atoms with Crippen molar-refractivity contribution in [2.24, 2.45) is 5.14 Å². The normalized spacial score (nSPS) is 12.9. The zero-order valence-corrected chi connectivity index (χ0v) is 17.9. The lowest BCUT2D eigenvalue weighted by molar-refractivity contribution is -0.115. The van der Waals surface area contributed by atoms with Crippen molar-refractivity contribution in [3.05, 3.63) is 47.2 Å². The van der Waals surface area contributed by atoms with Crippen molar-refractivity contribution >= 4 is 56.0 Å². The number of nitrogens with zero attached hydrogens (tertiary/aromatic N) is 2. The van der Waals surface area contributed by atoms with Crippen LogP contribution in [0.2, 0.25) is 5.02 Å². The van der Waals surface area contributed by atoms with Gasteiger partial charge in [0.25, 0.3) is 0 Å². The Hall–Kier alpha value is -2.14. The van der Waals surface area contributed by atoms with Crippen LogP contribution in [-0.4, -0.2) is 29.1 Å². The number of imidazole rings is 1. The SMILES string of the molecule is CCn1c(S[C@@H](C)C(=O)Nc2ccc(Cl)cc2F)nc2cc(S(N)(=O)=O)ccc21. The van der Waals surface area contributed by atoms with Crippen molar-refractivity contribution in [3.8, 4) is 0 Å². The number of carbonyl (C=O) groups excluding carboxylic acids is 1.